The summed E-state index contributed by atoms with van der Waals surface area (Å²) in [6.07, 6.45) is 4.95. The Morgan fingerprint density at radius 3 is 2.77 bits per heavy atom. The summed E-state index contributed by atoms with van der Waals surface area (Å²) >= 11 is 6.48. The molecule has 194 valence electrons. The van der Waals surface area contributed by atoms with Crippen LogP contribution in [0.1, 0.15) is 17.7 Å². The highest BCUT2D eigenvalue weighted by atomic mass is 35.5. The second-order valence-electron chi connectivity index (χ2n) is 8.26. The number of rotatable bonds is 10. The van der Waals surface area contributed by atoms with E-state index in [9.17, 15) is 4.79 Å². The predicted octanol–water partition coefficient (Wildman–Crippen LogP) is 6.12. The molecule has 0 saturated carbocycles. The quantitative estimate of drug-likeness (QED) is 0.144. The number of anilines is 3. The number of pyridine rings is 1. The van der Waals surface area contributed by atoms with Gasteiger partial charge in [-0.05, 0) is 67.3 Å². The lowest BCUT2D eigenvalue weighted by Gasteiger charge is -2.13. The molecule has 0 unspecified atom stereocenters. The second kappa shape index (κ2) is 13.0. The van der Waals surface area contributed by atoms with Crippen LogP contribution in [0, 0.1) is 11.8 Å². The molecule has 0 spiro atoms. The van der Waals surface area contributed by atoms with E-state index in [0.29, 0.717) is 69.6 Å². The molecular formula is C30H25ClN6O2. The zero-order chi connectivity index (χ0) is 27.6. The van der Waals surface area contributed by atoms with E-state index in [4.69, 9.17) is 16.3 Å². The van der Waals surface area contributed by atoms with E-state index in [2.05, 4.69) is 62.3 Å². The number of carbonyl (C=O) groups is 1. The molecule has 0 saturated heterocycles. The Labute approximate surface area is 231 Å². The Morgan fingerprint density at radius 1 is 1.15 bits per heavy atom. The third-order valence-corrected chi connectivity index (χ3v) is 5.76. The summed E-state index contributed by atoms with van der Waals surface area (Å²) in [4.78, 5) is 29.0. The van der Waals surface area contributed by atoms with Gasteiger partial charge < -0.3 is 20.4 Å². The topological polar surface area (TPSA) is 101 Å². The van der Waals surface area contributed by atoms with Gasteiger partial charge >= 0.3 is 0 Å². The van der Waals surface area contributed by atoms with Crippen molar-refractivity contribution in [2.75, 3.05) is 17.2 Å². The van der Waals surface area contributed by atoms with Gasteiger partial charge in [0.05, 0.1) is 27.5 Å². The molecule has 0 aliphatic carbocycles. The number of carbonyl (C=O) groups excluding carboxylic acids is 1. The van der Waals surface area contributed by atoms with Crippen molar-refractivity contribution in [2.24, 2.45) is 4.99 Å². The Balaban J connectivity index is 1.62. The Kier molecular flexibility index (Phi) is 9.01. The number of benzene rings is 2. The highest BCUT2D eigenvalue weighted by molar-refractivity contribution is 6.32. The van der Waals surface area contributed by atoms with Crippen LogP contribution in [-0.2, 0) is 11.4 Å². The monoisotopic (exact) mass is 536 g/mol. The Morgan fingerprint density at radius 2 is 2.03 bits per heavy atom. The van der Waals surface area contributed by atoms with E-state index < -0.39 is 0 Å². The Bertz CT molecular complexity index is 1610. The largest absolute Gasteiger partial charge is 0.486 e. The van der Waals surface area contributed by atoms with Gasteiger partial charge in [-0.3, -0.25) is 9.78 Å². The van der Waals surface area contributed by atoms with Crippen LogP contribution < -0.4 is 15.4 Å². The summed E-state index contributed by atoms with van der Waals surface area (Å²) < 4.78 is 5.81. The number of halogens is 1. The van der Waals surface area contributed by atoms with E-state index in [1.54, 1.807) is 30.5 Å². The van der Waals surface area contributed by atoms with E-state index in [0.717, 1.165) is 5.69 Å². The lowest BCUT2D eigenvalue weighted by Crippen LogP contribution is -2.09. The van der Waals surface area contributed by atoms with E-state index in [1.165, 1.54) is 12.4 Å². The number of hydrogen-bond acceptors (Lipinski definition) is 7. The van der Waals surface area contributed by atoms with Crippen LogP contribution in [0.15, 0.2) is 90.9 Å². The number of amides is 1. The summed E-state index contributed by atoms with van der Waals surface area (Å²) in [5, 5.41) is 7.18. The average Bonchev–Trinajstić information content (AvgIpc) is 2.95. The van der Waals surface area contributed by atoms with Crippen molar-refractivity contribution in [1.82, 2.24) is 15.0 Å². The first kappa shape index (κ1) is 27.0. The van der Waals surface area contributed by atoms with Crippen LogP contribution in [0.25, 0.3) is 10.9 Å². The van der Waals surface area contributed by atoms with Gasteiger partial charge in [0.25, 0.3) is 0 Å². The standard InChI is InChI=1S/C30H25ClN6O2/c1-4-29(38)37-26-17-24-27(15-21(26)9-8-20(2)12-14-32-3)34-19-35-30(24)36-22-10-11-28(25(31)16-22)39-18-23-7-5-6-13-33-23/h4-7,10-11,13,15-17,19H,1-3,12,14,18H2,(H,37,38)(H,34,35,36). The van der Waals surface area contributed by atoms with Gasteiger partial charge in [0.15, 0.2) is 0 Å². The molecule has 2 aromatic heterocycles. The smallest absolute Gasteiger partial charge is 0.247 e. The fourth-order valence-electron chi connectivity index (χ4n) is 3.49. The summed E-state index contributed by atoms with van der Waals surface area (Å²) in [5.74, 6) is 6.77. The van der Waals surface area contributed by atoms with E-state index in [-0.39, 0.29) is 5.91 Å². The zero-order valence-corrected chi connectivity index (χ0v) is 21.8. The van der Waals surface area contributed by atoms with Crippen molar-refractivity contribution in [3.8, 4) is 17.6 Å². The molecule has 0 atom stereocenters. The normalized spacial score (nSPS) is 10.2. The Hall–Kier alpha value is -5.00. The summed E-state index contributed by atoms with van der Waals surface area (Å²) in [6, 6.07) is 14.5. The fraction of sp³-hybridized carbons (Fsp3) is 0.100. The minimum absolute atomic E-state index is 0.298. The van der Waals surface area contributed by atoms with Crippen LogP contribution in [0.2, 0.25) is 5.02 Å². The fourth-order valence-corrected chi connectivity index (χ4v) is 3.73. The molecule has 0 bridgehead atoms. The second-order valence-corrected chi connectivity index (χ2v) is 8.67. The van der Waals surface area contributed by atoms with Gasteiger partial charge in [-0.15, -0.1) is 0 Å². The van der Waals surface area contributed by atoms with Gasteiger partial charge in [-0.25, -0.2) is 9.97 Å². The van der Waals surface area contributed by atoms with Crippen molar-refractivity contribution in [3.63, 3.8) is 0 Å². The molecule has 4 aromatic rings. The molecule has 0 aliphatic heterocycles. The van der Waals surface area contributed by atoms with Crippen molar-refractivity contribution in [3.05, 3.63) is 102 Å². The summed E-state index contributed by atoms with van der Waals surface area (Å²) in [7, 11) is 0. The first-order valence-electron chi connectivity index (χ1n) is 11.9. The van der Waals surface area contributed by atoms with Gasteiger partial charge in [0.1, 0.15) is 24.5 Å². The molecule has 4 rings (SSSR count). The van der Waals surface area contributed by atoms with Crippen molar-refractivity contribution < 1.29 is 9.53 Å². The van der Waals surface area contributed by atoms with Gasteiger partial charge in [-0.1, -0.05) is 42.7 Å². The maximum absolute atomic E-state index is 12.1. The molecular weight excluding hydrogens is 512 g/mol. The molecule has 39 heavy (non-hydrogen) atoms. The maximum atomic E-state index is 12.1. The molecule has 8 nitrogen and oxygen atoms in total. The number of ether oxygens (including phenoxy) is 1. The van der Waals surface area contributed by atoms with Crippen LogP contribution in [0.4, 0.5) is 17.2 Å². The van der Waals surface area contributed by atoms with Crippen LogP contribution in [0.3, 0.4) is 0 Å². The molecule has 1 amide bonds. The summed E-state index contributed by atoms with van der Waals surface area (Å²) in [6.45, 7) is 11.8. The van der Waals surface area contributed by atoms with Crippen molar-refractivity contribution >= 4 is 52.3 Å². The number of nitrogens with one attached hydrogen (secondary N) is 2. The first-order valence-corrected chi connectivity index (χ1v) is 12.3. The number of aliphatic imine (C=N–C) groups is 1. The zero-order valence-electron chi connectivity index (χ0n) is 21.1. The molecule has 2 N–H and O–H groups in total. The van der Waals surface area contributed by atoms with Crippen LogP contribution in [-0.4, -0.2) is 34.1 Å². The minimum atomic E-state index is -0.369. The molecule has 9 heteroatoms. The number of nitrogens with zero attached hydrogens (tertiary/aromatic N) is 4. The van der Waals surface area contributed by atoms with Gasteiger partial charge in [0, 0.05) is 23.8 Å². The number of hydrogen-bond donors (Lipinski definition) is 2. The third-order valence-electron chi connectivity index (χ3n) is 5.46. The third kappa shape index (κ3) is 7.28. The summed E-state index contributed by atoms with van der Waals surface area (Å²) in [5.41, 5.74) is 3.89. The molecule has 0 aliphatic rings. The van der Waals surface area contributed by atoms with Gasteiger partial charge in [-0.2, -0.15) is 0 Å². The minimum Gasteiger partial charge on any atom is -0.486 e. The van der Waals surface area contributed by atoms with Crippen LogP contribution in [0.5, 0.6) is 5.75 Å². The lowest BCUT2D eigenvalue weighted by atomic mass is 10.1. The number of fused-ring (bicyclic) bond motifs is 1. The average molecular weight is 537 g/mol. The van der Waals surface area contributed by atoms with Crippen LogP contribution >= 0.6 is 11.6 Å². The van der Waals surface area contributed by atoms with Crippen molar-refractivity contribution in [1.29, 1.82) is 0 Å². The van der Waals surface area contributed by atoms with Crippen molar-refractivity contribution in [2.45, 2.75) is 13.0 Å². The molecule has 0 fully saturated rings. The van der Waals surface area contributed by atoms with E-state index in [1.807, 2.05) is 24.3 Å². The maximum Gasteiger partial charge on any atom is 0.247 e. The van der Waals surface area contributed by atoms with Gasteiger partial charge in [0.2, 0.25) is 5.91 Å². The number of aromatic nitrogens is 3. The molecule has 2 aromatic carbocycles. The lowest BCUT2D eigenvalue weighted by molar-refractivity contribution is -0.111. The predicted molar refractivity (Wildman–Crippen MR) is 157 cm³/mol. The SMILES string of the molecule is C=CC(=O)Nc1cc2c(Nc3ccc(OCc4ccccn4)c(Cl)c3)ncnc2cc1C#CC(=C)CCN=C. The van der Waals surface area contributed by atoms with E-state index >= 15 is 0 Å². The highest BCUT2D eigenvalue weighted by Crippen LogP contribution is 2.32. The molecule has 0 radical (unpaired) electrons. The molecule has 2 heterocycles. The first-order chi connectivity index (χ1) is 19.0. The highest BCUT2D eigenvalue weighted by Gasteiger charge is 2.12.